The van der Waals surface area contributed by atoms with E-state index in [9.17, 15) is 4.79 Å². The number of allylic oxidation sites excluding steroid dienone is 1. The minimum atomic E-state index is 0.127. The fourth-order valence-electron chi connectivity index (χ4n) is 0.463. The molecule has 0 aromatic rings. The maximum atomic E-state index is 10.5. The van der Waals surface area contributed by atoms with Gasteiger partial charge in [-0.3, -0.25) is 4.79 Å². The third-order valence-corrected chi connectivity index (χ3v) is 0.846. The molecule has 0 fully saturated rings. The Bertz CT molecular complexity index is 133. The van der Waals surface area contributed by atoms with E-state index < -0.39 is 0 Å². The molecule has 8 heavy (non-hydrogen) atoms. The summed E-state index contributed by atoms with van der Waals surface area (Å²) >= 11 is 0. The molecule has 3 heteroatoms. The number of hydrogen-bond acceptors (Lipinski definition) is 3. The summed E-state index contributed by atoms with van der Waals surface area (Å²) < 4.78 is 0. The average Bonchev–Trinajstić information content (AvgIpc) is 1.94. The maximum absolute atomic E-state index is 10.5. The molecule has 0 spiro atoms. The third kappa shape index (κ3) is 1.26. The molecule has 0 unspecified atom stereocenters. The Balaban J connectivity index is 2.58. The van der Waals surface area contributed by atoms with E-state index in [0.29, 0.717) is 6.42 Å². The van der Waals surface area contributed by atoms with Crippen molar-refractivity contribution in [1.82, 2.24) is 0 Å². The zero-order valence-corrected chi connectivity index (χ0v) is 4.37. The van der Waals surface area contributed by atoms with E-state index in [4.69, 9.17) is 0 Å². The first-order valence-corrected chi connectivity index (χ1v) is 2.43. The molecule has 0 aromatic heterocycles. The summed E-state index contributed by atoms with van der Waals surface area (Å²) in [6.45, 7) is 0.243. The summed E-state index contributed by atoms with van der Waals surface area (Å²) in [5.41, 5.74) is 0. The van der Waals surface area contributed by atoms with Crippen LogP contribution in [0, 0.1) is 0 Å². The molecule has 0 N–H and O–H groups in total. The molecule has 0 saturated carbocycles. The van der Waals surface area contributed by atoms with Gasteiger partial charge in [-0.05, 0) is 0 Å². The number of carbonyl (C=O) groups excluding carboxylic acids is 1. The van der Waals surface area contributed by atoms with E-state index in [2.05, 4.69) is 10.2 Å². The number of carbonyl (C=O) groups is 1. The summed E-state index contributed by atoms with van der Waals surface area (Å²) in [5, 5.41) is 7.09. The van der Waals surface area contributed by atoms with Gasteiger partial charge in [-0.15, -0.1) is 0 Å². The van der Waals surface area contributed by atoms with Crippen molar-refractivity contribution in [2.45, 2.75) is 6.42 Å². The van der Waals surface area contributed by atoms with Gasteiger partial charge < -0.3 is 0 Å². The van der Waals surface area contributed by atoms with Crippen LogP contribution < -0.4 is 0 Å². The minimum Gasteiger partial charge on any atom is -0.297 e. The van der Waals surface area contributed by atoms with Crippen molar-refractivity contribution in [3.8, 4) is 0 Å². The first kappa shape index (κ1) is 5.15. The van der Waals surface area contributed by atoms with Crippen molar-refractivity contribution in [2.75, 3.05) is 6.54 Å². The van der Waals surface area contributed by atoms with E-state index in [1.807, 2.05) is 0 Å². The number of Topliss-reactive ketones (excluding diaryl/α,β-unsaturated/α-hetero) is 1. The van der Waals surface area contributed by atoms with Gasteiger partial charge in [-0.2, -0.15) is 10.2 Å². The van der Waals surface area contributed by atoms with Crippen molar-refractivity contribution in [1.29, 1.82) is 0 Å². The highest BCUT2D eigenvalue weighted by Crippen LogP contribution is 1.93. The lowest BCUT2D eigenvalue weighted by molar-refractivity contribution is -0.116. The van der Waals surface area contributed by atoms with Gasteiger partial charge in [0.25, 0.3) is 0 Å². The number of nitrogens with zero attached hydrogens (tertiary/aromatic N) is 2. The predicted octanol–water partition coefficient (Wildman–Crippen LogP) is 0.925. The fraction of sp³-hybridized carbons (Fsp3) is 0.400. The largest absolute Gasteiger partial charge is 0.297 e. The number of azo groups is 1. The molecule has 1 heterocycles. The fourth-order valence-corrected chi connectivity index (χ4v) is 0.463. The lowest BCUT2D eigenvalue weighted by atomic mass is 10.3. The second kappa shape index (κ2) is 2.35. The third-order valence-electron chi connectivity index (χ3n) is 0.846. The first-order chi connectivity index (χ1) is 3.89. The highest BCUT2D eigenvalue weighted by molar-refractivity contribution is 5.82. The highest BCUT2D eigenvalue weighted by atomic mass is 16.1. The molecule has 1 aliphatic rings. The molecule has 0 aromatic carbocycles. The Morgan fingerprint density at radius 1 is 1.62 bits per heavy atom. The van der Waals surface area contributed by atoms with Crippen molar-refractivity contribution >= 4 is 5.78 Å². The molecule has 1 rings (SSSR count). The molecule has 0 saturated heterocycles. The molecule has 42 valence electrons. The van der Waals surface area contributed by atoms with E-state index >= 15 is 0 Å². The van der Waals surface area contributed by atoms with Crippen LogP contribution in [0.1, 0.15) is 6.42 Å². The van der Waals surface area contributed by atoms with Crippen LogP contribution in [0.5, 0.6) is 0 Å². The molecular formula is C5H6N2O. The van der Waals surface area contributed by atoms with Crippen LogP contribution in [0.2, 0.25) is 0 Å². The molecular weight excluding hydrogens is 104 g/mol. The van der Waals surface area contributed by atoms with Crippen molar-refractivity contribution in [2.24, 2.45) is 10.2 Å². The van der Waals surface area contributed by atoms with Crippen LogP contribution in [-0.2, 0) is 4.79 Å². The van der Waals surface area contributed by atoms with Crippen molar-refractivity contribution in [3.05, 3.63) is 12.3 Å². The number of ketones is 1. The molecule has 0 atom stereocenters. The van der Waals surface area contributed by atoms with Crippen LogP contribution in [0.15, 0.2) is 22.5 Å². The standard InChI is InChI=1S/C5H6N2O/c8-5-2-1-3-6-7-4-5/h1,3H,2,4H2. The van der Waals surface area contributed by atoms with Crippen molar-refractivity contribution in [3.63, 3.8) is 0 Å². The number of hydrogen-bond donors (Lipinski definition) is 0. The van der Waals surface area contributed by atoms with Gasteiger partial charge in [-0.1, -0.05) is 6.08 Å². The van der Waals surface area contributed by atoms with Gasteiger partial charge in [0.05, 0.1) is 0 Å². The molecule has 1 aliphatic heterocycles. The van der Waals surface area contributed by atoms with Gasteiger partial charge >= 0.3 is 0 Å². The van der Waals surface area contributed by atoms with Gasteiger partial charge in [0.2, 0.25) is 0 Å². The highest BCUT2D eigenvalue weighted by Gasteiger charge is 1.97. The zero-order chi connectivity index (χ0) is 5.82. The SMILES string of the molecule is O=C1CC=CN=NC1. The van der Waals surface area contributed by atoms with E-state index in [1.165, 1.54) is 0 Å². The Morgan fingerprint density at radius 2 is 2.50 bits per heavy atom. The van der Waals surface area contributed by atoms with Crippen LogP contribution in [-0.4, -0.2) is 12.3 Å². The minimum absolute atomic E-state index is 0.127. The Labute approximate surface area is 47.1 Å². The Kier molecular flexibility index (Phi) is 1.51. The van der Waals surface area contributed by atoms with Crippen LogP contribution >= 0.6 is 0 Å². The van der Waals surface area contributed by atoms with E-state index in [1.54, 1.807) is 12.3 Å². The van der Waals surface area contributed by atoms with Gasteiger partial charge in [0, 0.05) is 12.6 Å². The molecule has 0 radical (unpaired) electrons. The second-order valence-electron chi connectivity index (χ2n) is 1.54. The summed E-state index contributed by atoms with van der Waals surface area (Å²) in [6.07, 6.45) is 3.73. The quantitative estimate of drug-likeness (QED) is 0.457. The zero-order valence-electron chi connectivity index (χ0n) is 4.37. The molecule has 0 bridgehead atoms. The lowest BCUT2D eigenvalue weighted by Gasteiger charge is -1.81. The normalized spacial score (nSPS) is 18.8. The first-order valence-electron chi connectivity index (χ1n) is 2.43. The Morgan fingerprint density at radius 3 is 3.38 bits per heavy atom. The summed E-state index contributed by atoms with van der Waals surface area (Å²) in [7, 11) is 0. The van der Waals surface area contributed by atoms with Crippen LogP contribution in [0.3, 0.4) is 0 Å². The molecule has 0 amide bonds. The van der Waals surface area contributed by atoms with Gasteiger partial charge in [0.1, 0.15) is 6.54 Å². The van der Waals surface area contributed by atoms with Crippen molar-refractivity contribution < 1.29 is 4.79 Å². The monoisotopic (exact) mass is 110 g/mol. The summed E-state index contributed by atoms with van der Waals surface area (Å²) in [4.78, 5) is 10.5. The van der Waals surface area contributed by atoms with E-state index in [0.717, 1.165) is 0 Å². The second-order valence-corrected chi connectivity index (χ2v) is 1.54. The topological polar surface area (TPSA) is 41.8 Å². The lowest BCUT2D eigenvalue weighted by Crippen LogP contribution is -1.97. The molecule has 0 aliphatic carbocycles. The predicted molar refractivity (Wildman–Crippen MR) is 28.5 cm³/mol. The number of rotatable bonds is 0. The van der Waals surface area contributed by atoms with Crippen LogP contribution in [0.4, 0.5) is 0 Å². The average molecular weight is 110 g/mol. The maximum Gasteiger partial charge on any atom is 0.159 e. The summed E-state index contributed by atoms with van der Waals surface area (Å²) in [6, 6.07) is 0. The summed E-state index contributed by atoms with van der Waals surface area (Å²) in [5.74, 6) is 0.127. The van der Waals surface area contributed by atoms with Crippen LogP contribution in [0.25, 0.3) is 0 Å². The van der Waals surface area contributed by atoms with Gasteiger partial charge in [-0.25, -0.2) is 0 Å². The molecule has 3 nitrogen and oxygen atoms in total. The smallest absolute Gasteiger partial charge is 0.159 e. The van der Waals surface area contributed by atoms with Gasteiger partial charge in [0.15, 0.2) is 5.78 Å². The Hall–Kier alpha value is -0.990. The van der Waals surface area contributed by atoms with E-state index in [-0.39, 0.29) is 12.3 Å².